The molecule has 214 valence electrons. The van der Waals surface area contributed by atoms with E-state index in [1.807, 2.05) is 121 Å². The van der Waals surface area contributed by atoms with Crippen LogP contribution in [0.4, 0.5) is 0 Å². The van der Waals surface area contributed by atoms with Gasteiger partial charge >= 0.3 is 0 Å². The zero-order chi connectivity index (χ0) is 28.5. The van der Waals surface area contributed by atoms with Crippen LogP contribution in [0.5, 0.6) is 0 Å². The summed E-state index contributed by atoms with van der Waals surface area (Å²) < 4.78 is 26.0. The van der Waals surface area contributed by atoms with Gasteiger partial charge in [-0.05, 0) is 29.2 Å². The quantitative estimate of drug-likeness (QED) is 0.242. The van der Waals surface area contributed by atoms with Gasteiger partial charge in [-0.3, -0.25) is 0 Å². The largest absolute Gasteiger partial charge is 0.391 e. The normalized spacial score (nSPS) is 25.0. The molecule has 1 aliphatic heterocycles. The molecule has 1 aliphatic rings. The van der Waals surface area contributed by atoms with Crippen molar-refractivity contribution in [3.05, 3.63) is 144 Å². The van der Waals surface area contributed by atoms with Crippen molar-refractivity contribution in [2.75, 3.05) is 0 Å². The molecule has 1 saturated heterocycles. The summed E-state index contributed by atoms with van der Waals surface area (Å²) in [4.78, 5) is 0. The Balaban J connectivity index is 1.51. The molecule has 0 aromatic heterocycles. The SMILES string of the molecule is C[C@H](O)[C@H]1O[C@](O)(Cc2ccccc2)[C@H](OCc2ccccc2)[C@@H](OCc2ccccc2)[C@@H]1OCc1ccccc1. The van der Waals surface area contributed by atoms with Gasteiger partial charge in [0.2, 0.25) is 0 Å². The molecule has 5 rings (SSSR count). The highest BCUT2D eigenvalue weighted by Crippen LogP contribution is 2.38. The molecule has 0 amide bonds. The van der Waals surface area contributed by atoms with Crippen LogP contribution in [0.2, 0.25) is 0 Å². The molecular weight excluding hydrogens is 516 g/mol. The van der Waals surface area contributed by atoms with Gasteiger partial charge in [-0.25, -0.2) is 0 Å². The van der Waals surface area contributed by atoms with E-state index in [-0.39, 0.29) is 26.2 Å². The highest BCUT2D eigenvalue weighted by Gasteiger charge is 2.57. The third-order valence-corrected chi connectivity index (χ3v) is 7.35. The summed E-state index contributed by atoms with van der Waals surface area (Å²) in [6.45, 7) is 2.44. The molecule has 2 N–H and O–H groups in total. The molecule has 6 atom stereocenters. The molecule has 6 nitrogen and oxygen atoms in total. The zero-order valence-corrected chi connectivity index (χ0v) is 23.3. The molecule has 6 heteroatoms. The third kappa shape index (κ3) is 7.68. The van der Waals surface area contributed by atoms with E-state index in [1.54, 1.807) is 6.92 Å². The van der Waals surface area contributed by atoms with E-state index in [0.717, 1.165) is 22.3 Å². The molecular formula is C35H38O6. The van der Waals surface area contributed by atoms with Crippen LogP contribution in [0.3, 0.4) is 0 Å². The fraction of sp³-hybridized carbons (Fsp3) is 0.314. The van der Waals surface area contributed by atoms with Gasteiger partial charge in [0.1, 0.15) is 24.4 Å². The molecule has 0 spiro atoms. The van der Waals surface area contributed by atoms with Crippen LogP contribution < -0.4 is 0 Å². The Hall–Kier alpha value is -3.36. The molecule has 41 heavy (non-hydrogen) atoms. The average molecular weight is 555 g/mol. The van der Waals surface area contributed by atoms with E-state index in [9.17, 15) is 10.2 Å². The second-order valence-corrected chi connectivity index (χ2v) is 10.6. The van der Waals surface area contributed by atoms with Crippen LogP contribution >= 0.6 is 0 Å². The number of aliphatic hydroxyl groups is 2. The zero-order valence-electron chi connectivity index (χ0n) is 23.3. The molecule has 1 fully saturated rings. The van der Waals surface area contributed by atoms with Crippen molar-refractivity contribution < 1.29 is 29.2 Å². The van der Waals surface area contributed by atoms with Gasteiger partial charge in [-0.15, -0.1) is 0 Å². The maximum Gasteiger partial charge on any atom is 0.199 e. The van der Waals surface area contributed by atoms with E-state index in [0.29, 0.717) is 0 Å². The summed E-state index contributed by atoms with van der Waals surface area (Å²) in [5.41, 5.74) is 3.78. The van der Waals surface area contributed by atoms with E-state index in [4.69, 9.17) is 18.9 Å². The number of hydrogen-bond donors (Lipinski definition) is 2. The van der Waals surface area contributed by atoms with Crippen LogP contribution in [-0.2, 0) is 45.2 Å². The Morgan fingerprint density at radius 1 is 0.610 bits per heavy atom. The van der Waals surface area contributed by atoms with E-state index >= 15 is 0 Å². The maximum atomic E-state index is 12.3. The standard InChI is InChI=1S/C35H38O6/c1-26(36)31-32(38-23-28-16-8-3-9-17-28)33(39-24-29-18-10-4-11-19-29)34(40-25-30-20-12-5-13-21-30)35(37,41-31)22-27-14-6-2-7-15-27/h2-21,26,31-34,36-37H,22-25H2,1H3/t26-,31+,32+,33-,34+,35+/m0/s1. The highest BCUT2D eigenvalue weighted by molar-refractivity contribution is 5.20. The predicted molar refractivity (Wildman–Crippen MR) is 157 cm³/mol. The molecule has 0 bridgehead atoms. The minimum absolute atomic E-state index is 0.146. The fourth-order valence-corrected chi connectivity index (χ4v) is 5.28. The number of rotatable bonds is 12. The Labute approximate surface area is 242 Å². The molecule has 0 saturated carbocycles. The first-order chi connectivity index (χ1) is 20.0. The lowest BCUT2D eigenvalue weighted by Gasteiger charge is -2.51. The number of hydrogen-bond acceptors (Lipinski definition) is 6. The topological polar surface area (TPSA) is 77.4 Å². The maximum absolute atomic E-state index is 12.3. The van der Waals surface area contributed by atoms with E-state index in [1.165, 1.54) is 0 Å². The number of aliphatic hydroxyl groups excluding tert-OH is 1. The Kier molecular flexibility index (Phi) is 9.96. The number of ether oxygens (including phenoxy) is 4. The van der Waals surface area contributed by atoms with Crippen LogP contribution in [-0.4, -0.2) is 46.5 Å². The lowest BCUT2D eigenvalue weighted by atomic mass is 9.86. The lowest BCUT2D eigenvalue weighted by Crippen LogP contribution is -2.68. The second kappa shape index (κ2) is 14.0. The first-order valence-corrected chi connectivity index (χ1v) is 14.1. The van der Waals surface area contributed by atoms with Crippen molar-refractivity contribution in [2.45, 2.75) is 69.5 Å². The minimum atomic E-state index is -1.80. The van der Waals surface area contributed by atoms with E-state index in [2.05, 4.69) is 0 Å². The second-order valence-electron chi connectivity index (χ2n) is 10.6. The summed E-state index contributed by atoms with van der Waals surface area (Å²) in [5, 5.41) is 23.2. The average Bonchev–Trinajstić information content (AvgIpc) is 3.00. The van der Waals surface area contributed by atoms with Gasteiger partial charge in [-0.1, -0.05) is 121 Å². The molecule has 4 aromatic rings. The summed E-state index contributed by atoms with van der Waals surface area (Å²) in [6.07, 6.45) is -4.09. The predicted octanol–water partition coefficient (Wildman–Crippen LogP) is 5.45. The molecule has 0 radical (unpaired) electrons. The van der Waals surface area contributed by atoms with Gasteiger partial charge in [-0.2, -0.15) is 0 Å². The minimum Gasteiger partial charge on any atom is -0.391 e. The van der Waals surface area contributed by atoms with Gasteiger partial charge in [0.05, 0.1) is 25.9 Å². The van der Waals surface area contributed by atoms with Crippen LogP contribution in [0, 0.1) is 0 Å². The molecule has 0 aliphatic carbocycles. The summed E-state index contributed by atoms with van der Waals surface area (Å²) >= 11 is 0. The van der Waals surface area contributed by atoms with Crippen LogP contribution in [0.25, 0.3) is 0 Å². The summed E-state index contributed by atoms with van der Waals surface area (Å²) in [7, 11) is 0. The first-order valence-electron chi connectivity index (χ1n) is 14.1. The van der Waals surface area contributed by atoms with Gasteiger partial charge in [0.25, 0.3) is 0 Å². The summed E-state index contributed by atoms with van der Waals surface area (Å²) in [5.74, 6) is -1.80. The van der Waals surface area contributed by atoms with Crippen molar-refractivity contribution in [1.29, 1.82) is 0 Å². The van der Waals surface area contributed by atoms with Crippen molar-refractivity contribution in [3.8, 4) is 0 Å². The Morgan fingerprint density at radius 2 is 1.00 bits per heavy atom. The molecule has 4 aromatic carbocycles. The van der Waals surface area contributed by atoms with Crippen molar-refractivity contribution in [3.63, 3.8) is 0 Å². The number of benzene rings is 4. The van der Waals surface area contributed by atoms with Crippen LogP contribution in [0.15, 0.2) is 121 Å². The third-order valence-electron chi connectivity index (χ3n) is 7.35. The first kappa shape index (κ1) is 29.1. The van der Waals surface area contributed by atoms with Crippen molar-refractivity contribution in [1.82, 2.24) is 0 Å². The van der Waals surface area contributed by atoms with Gasteiger partial charge < -0.3 is 29.2 Å². The highest BCUT2D eigenvalue weighted by atomic mass is 16.7. The van der Waals surface area contributed by atoms with Gasteiger partial charge in [0, 0.05) is 6.42 Å². The monoisotopic (exact) mass is 554 g/mol. The molecule has 0 unspecified atom stereocenters. The van der Waals surface area contributed by atoms with E-state index < -0.39 is 36.3 Å². The Morgan fingerprint density at radius 3 is 1.44 bits per heavy atom. The molecule has 1 heterocycles. The fourth-order valence-electron chi connectivity index (χ4n) is 5.28. The van der Waals surface area contributed by atoms with Crippen molar-refractivity contribution >= 4 is 0 Å². The summed E-state index contributed by atoms with van der Waals surface area (Å²) in [6, 6.07) is 39.1. The lowest BCUT2D eigenvalue weighted by molar-refractivity contribution is -0.374. The Bertz CT molecular complexity index is 1300. The van der Waals surface area contributed by atoms with Crippen molar-refractivity contribution in [2.24, 2.45) is 0 Å². The smallest absolute Gasteiger partial charge is 0.199 e. The van der Waals surface area contributed by atoms with Gasteiger partial charge in [0.15, 0.2) is 5.79 Å². The van der Waals surface area contributed by atoms with Crippen LogP contribution in [0.1, 0.15) is 29.2 Å².